The Bertz CT molecular complexity index is 847. The summed E-state index contributed by atoms with van der Waals surface area (Å²) in [6.45, 7) is 0. The number of phenolic OH excluding ortho intramolecular Hbond substituents is 1. The Kier molecular flexibility index (Phi) is 6.43. The second-order valence-corrected chi connectivity index (χ2v) is 9.24. The van der Waals surface area contributed by atoms with Crippen LogP contribution in [-0.2, 0) is 7.59 Å². The normalized spacial score (nSPS) is 12.5. The maximum absolute atomic E-state index is 10.9. The zero-order chi connectivity index (χ0) is 19.7. The van der Waals surface area contributed by atoms with Crippen molar-refractivity contribution in [2.24, 2.45) is 0 Å². The highest BCUT2D eigenvalue weighted by atomic mass is 35.6. The van der Waals surface area contributed by atoms with Crippen LogP contribution in [0.3, 0.4) is 0 Å². The summed E-state index contributed by atoms with van der Waals surface area (Å²) < 4.78 is -3.99. The van der Waals surface area contributed by atoms with Crippen molar-refractivity contribution in [1.82, 2.24) is 15.0 Å². The van der Waals surface area contributed by atoms with E-state index < -0.39 is 23.9 Å². The Morgan fingerprint density at radius 2 is 1.50 bits per heavy atom. The molecule has 0 radical (unpaired) electrons. The highest BCUT2D eigenvalue weighted by Gasteiger charge is 2.33. The van der Waals surface area contributed by atoms with Gasteiger partial charge >= 0.3 is 5.69 Å². The predicted molar refractivity (Wildman–Crippen MR) is 102 cm³/mol. The lowest BCUT2D eigenvalue weighted by Crippen LogP contribution is -2.16. The van der Waals surface area contributed by atoms with Crippen LogP contribution in [0.5, 0.6) is 5.75 Å². The molecule has 13 heteroatoms. The third kappa shape index (κ3) is 5.45. The van der Waals surface area contributed by atoms with Crippen LogP contribution in [0.4, 0.5) is 5.69 Å². The van der Waals surface area contributed by atoms with E-state index in [4.69, 9.17) is 69.6 Å². The second-order valence-electron chi connectivity index (χ2n) is 4.67. The lowest BCUT2D eigenvalue weighted by Gasteiger charge is -2.14. The zero-order valence-corrected chi connectivity index (χ0v) is 16.7. The van der Waals surface area contributed by atoms with Crippen molar-refractivity contribution in [3.8, 4) is 5.75 Å². The Balaban J connectivity index is 2.47. The first-order valence-electron chi connectivity index (χ1n) is 6.44. The van der Waals surface area contributed by atoms with Crippen LogP contribution in [0.2, 0.25) is 0 Å². The molecule has 138 valence electrons. The highest BCUT2D eigenvalue weighted by Crippen LogP contribution is 2.40. The van der Waals surface area contributed by atoms with Gasteiger partial charge in [-0.15, -0.1) is 0 Å². The lowest BCUT2D eigenvalue weighted by atomic mass is 10.1. The summed E-state index contributed by atoms with van der Waals surface area (Å²) in [5.74, 6) is -1.02. The van der Waals surface area contributed by atoms with E-state index in [0.29, 0.717) is 5.56 Å². The predicted octanol–water partition coefficient (Wildman–Crippen LogP) is 5.31. The molecule has 0 amide bonds. The minimum atomic E-state index is -1.99. The summed E-state index contributed by atoms with van der Waals surface area (Å²) in [4.78, 5) is 21.8. The molecule has 0 atom stereocenters. The van der Waals surface area contributed by atoms with E-state index in [2.05, 4.69) is 15.0 Å². The lowest BCUT2D eigenvalue weighted by molar-refractivity contribution is -0.385. The maximum Gasteiger partial charge on any atom is 0.311 e. The molecule has 0 saturated heterocycles. The largest absolute Gasteiger partial charge is 0.502 e. The van der Waals surface area contributed by atoms with Crippen molar-refractivity contribution in [2.75, 3.05) is 0 Å². The van der Waals surface area contributed by atoms with Gasteiger partial charge in [0.05, 0.1) is 4.92 Å². The number of nitro benzene ring substituents is 1. The standard InChI is InChI=1S/C13H6Cl6N4O3/c14-12(15,16)10-20-9(21-11(22-10)13(17,18)19)4-2-6-1-3-8(24)7(5-6)23(25)26/h1-5,24H. The molecule has 0 aliphatic rings. The summed E-state index contributed by atoms with van der Waals surface area (Å²) >= 11 is 34.6. The molecule has 1 aromatic carbocycles. The van der Waals surface area contributed by atoms with Crippen molar-refractivity contribution < 1.29 is 10.0 Å². The number of rotatable bonds is 3. The molecule has 0 unspecified atom stereocenters. The molecule has 0 spiro atoms. The van der Waals surface area contributed by atoms with Gasteiger partial charge < -0.3 is 5.11 Å². The van der Waals surface area contributed by atoms with E-state index >= 15 is 0 Å². The number of aromatic hydroxyl groups is 1. The van der Waals surface area contributed by atoms with Gasteiger partial charge in [0.25, 0.3) is 0 Å². The average Bonchev–Trinajstić information content (AvgIpc) is 2.52. The van der Waals surface area contributed by atoms with Gasteiger partial charge in [-0.3, -0.25) is 10.1 Å². The molecule has 1 N–H and O–H groups in total. The zero-order valence-electron chi connectivity index (χ0n) is 12.2. The number of phenols is 1. The van der Waals surface area contributed by atoms with Crippen molar-refractivity contribution in [3.63, 3.8) is 0 Å². The summed E-state index contributed by atoms with van der Waals surface area (Å²) in [6, 6.07) is 3.76. The molecule has 7 nitrogen and oxygen atoms in total. The van der Waals surface area contributed by atoms with Crippen molar-refractivity contribution in [2.45, 2.75) is 7.59 Å². The third-order valence-corrected chi connectivity index (χ3v) is 3.80. The number of benzene rings is 1. The van der Waals surface area contributed by atoms with Crippen molar-refractivity contribution >= 4 is 87.4 Å². The Morgan fingerprint density at radius 3 is 1.96 bits per heavy atom. The first-order chi connectivity index (χ1) is 11.9. The summed E-state index contributed by atoms with van der Waals surface area (Å²) in [5, 5.41) is 20.3. The van der Waals surface area contributed by atoms with Crippen LogP contribution in [0.1, 0.15) is 23.0 Å². The van der Waals surface area contributed by atoms with E-state index in [1.54, 1.807) is 0 Å². The smallest absolute Gasteiger partial charge is 0.311 e. The molecular weight excluding hydrogens is 473 g/mol. The fourth-order valence-electron chi connectivity index (χ4n) is 1.68. The molecule has 0 aliphatic heterocycles. The highest BCUT2D eigenvalue weighted by molar-refractivity contribution is 6.67. The first kappa shape index (κ1) is 21.2. The van der Waals surface area contributed by atoms with E-state index in [9.17, 15) is 15.2 Å². The van der Waals surface area contributed by atoms with Crippen molar-refractivity contribution in [1.29, 1.82) is 0 Å². The summed E-state index contributed by atoms with van der Waals surface area (Å²) in [7, 11) is 0. The van der Waals surface area contributed by atoms with Crippen LogP contribution in [0, 0.1) is 10.1 Å². The number of hydrogen-bond acceptors (Lipinski definition) is 6. The third-order valence-electron chi connectivity index (χ3n) is 2.78. The Labute approximate surface area is 176 Å². The molecule has 1 aromatic heterocycles. The fraction of sp³-hybridized carbons (Fsp3) is 0.154. The van der Waals surface area contributed by atoms with Gasteiger partial charge in [-0.25, -0.2) is 15.0 Å². The average molecular weight is 479 g/mol. The topological polar surface area (TPSA) is 102 Å². The van der Waals surface area contributed by atoms with Crippen LogP contribution in [0.25, 0.3) is 12.2 Å². The molecule has 0 aliphatic carbocycles. The number of hydrogen-bond donors (Lipinski definition) is 1. The van der Waals surface area contributed by atoms with Crippen molar-refractivity contribution in [3.05, 3.63) is 51.4 Å². The summed E-state index contributed by atoms with van der Waals surface area (Å²) in [5.41, 5.74) is -0.0902. The van der Waals surface area contributed by atoms with Gasteiger partial charge in [-0.2, -0.15) is 0 Å². The van der Waals surface area contributed by atoms with Gasteiger partial charge in [-0.1, -0.05) is 81.7 Å². The fourth-order valence-corrected chi connectivity index (χ4v) is 2.19. The van der Waals surface area contributed by atoms with Gasteiger partial charge in [0, 0.05) is 6.07 Å². The minimum Gasteiger partial charge on any atom is -0.502 e. The number of nitro groups is 1. The molecule has 2 aromatic rings. The molecule has 1 heterocycles. The molecule has 0 bridgehead atoms. The Morgan fingerprint density at radius 1 is 0.962 bits per heavy atom. The van der Waals surface area contributed by atoms with Gasteiger partial charge in [0.15, 0.2) is 23.2 Å². The van der Waals surface area contributed by atoms with Crippen LogP contribution >= 0.6 is 69.6 Å². The first-order valence-corrected chi connectivity index (χ1v) is 8.70. The monoisotopic (exact) mass is 476 g/mol. The van der Waals surface area contributed by atoms with E-state index in [1.807, 2.05) is 0 Å². The van der Waals surface area contributed by atoms with Gasteiger partial charge in [0.2, 0.25) is 7.59 Å². The van der Waals surface area contributed by atoms with Gasteiger partial charge in [0.1, 0.15) is 0 Å². The van der Waals surface area contributed by atoms with Crippen LogP contribution < -0.4 is 0 Å². The maximum atomic E-state index is 10.9. The summed E-state index contributed by atoms with van der Waals surface area (Å²) in [6.07, 6.45) is 2.77. The van der Waals surface area contributed by atoms with E-state index in [-0.39, 0.29) is 17.5 Å². The molecular formula is C13H6Cl6N4O3. The molecule has 0 fully saturated rings. The van der Waals surface area contributed by atoms with E-state index in [1.165, 1.54) is 24.3 Å². The Hall–Kier alpha value is -1.09. The minimum absolute atomic E-state index is 0.0154. The molecule has 0 saturated carbocycles. The number of alkyl halides is 6. The van der Waals surface area contributed by atoms with Gasteiger partial charge in [-0.05, 0) is 17.7 Å². The number of nitrogens with zero attached hydrogens (tertiary/aromatic N) is 4. The second kappa shape index (κ2) is 7.88. The molecule has 2 rings (SSSR count). The van der Waals surface area contributed by atoms with Crippen LogP contribution in [-0.4, -0.2) is 25.0 Å². The number of halogens is 6. The quantitative estimate of drug-likeness (QED) is 0.364. The number of aromatic nitrogens is 3. The molecule has 26 heavy (non-hydrogen) atoms. The van der Waals surface area contributed by atoms with E-state index in [0.717, 1.165) is 6.07 Å². The van der Waals surface area contributed by atoms with Crippen LogP contribution in [0.15, 0.2) is 18.2 Å². The SMILES string of the molecule is O=[N+]([O-])c1cc(C=Cc2nc(C(Cl)(Cl)Cl)nc(C(Cl)(Cl)Cl)n2)ccc1O.